The van der Waals surface area contributed by atoms with Crippen LogP contribution in [0.25, 0.3) is 11.2 Å². The van der Waals surface area contributed by atoms with Gasteiger partial charge in [-0.25, -0.2) is 15.0 Å². The maximum atomic E-state index is 6.07. The first-order valence-corrected chi connectivity index (χ1v) is 7.60. The summed E-state index contributed by atoms with van der Waals surface area (Å²) < 4.78 is 20.0. The Morgan fingerprint density at radius 2 is 2.04 bits per heavy atom. The fourth-order valence-corrected chi connectivity index (χ4v) is 3.31. The first kappa shape index (κ1) is 14.8. The Bertz CT molecular complexity index is 732. The number of hydrogen-bond acceptors (Lipinski definition) is 8. The average Bonchev–Trinajstić information content (AvgIpc) is 3.07. The molecule has 2 aromatic rings. The number of nitrogens with two attached hydrogens (primary N) is 2. The van der Waals surface area contributed by atoms with E-state index in [2.05, 4.69) is 15.0 Å². The molecule has 9 nitrogen and oxygen atoms in total. The molecule has 9 heteroatoms. The van der Waals surface area contributed by atoms with Gasteiger partial charge in [0.15, 0.2) is 23.5 Å². The Hall–Kier alpha value is -1.81. The summed E-state index contributed by atoms with van der Waals surface area (Å²) in [5, 5.41) is 0. The second kappa shape index (κ2) is 5.10. The molecule has 3 unspecified atom stereocenters. The zero-order valence-corrected chi connectivity index (χ0v) is 13.0. The molecular formula is C14H20N6O3. The Morgan fingerprint density at radius 3 is 2.83 bits per heavy atom. The highest BCUT2D eigenvalue weighted by atomic mass is 16.8. The second-order valence-corrected chi connectivity index (χ2v) is 6.37. The van der Waals surface area contributed by atoms with Crippen LogP contribution in [-0.4, -0.2) is 50.7 Å². The van der Waals surface area contributed by atoms with Crippen LogP contribution in [0.2, 0.25) is 0 Å². The molecule has 4 heterocycles. The lowest BCUT2D eigenvalue weighted by molar-refractivity contribution is -0.166. The van der Waals surface area contributed by atoms with Crippen LogP contribution in [0.5, 0.6) is 0 Å². The molecule has 0 saturated carbocycles. The largest absolute Gasteiger partial charge is 0.382 e. The summed E-state index contributed by atoms with van der Waals surface area (Å²) in [6.07, 6.45) is 2.24. The van der Waals surface area contributed by atoms with Gasteiger partial charge in [0.1, 0.15) is 17.9 Å². The van der Waals surface area contributed by atoms with E-state index in [9.17, 15) is 0 Å². The van der Waals surface area contributed by atoms with E-state index in [0.29, 0.717) is 30.1 Å². The predicted molar refractivity (Wildman–Crippen MR) is 81.1 cm³/mol. The fourth-order valence-electron chi connectivity index (χ4n) is 3.31. The van der Waals surface area contributed by atoms with Crippen LogP contribution < -0.4 is 11.5 Å². The number of imidazole rings is 1. The lowest BCUT2D eigenvalue weighted by atomic mass is 9.95. The molecule has 4 atom stereocenters. The summed E-state index contributed by atoms with van der Waals surface area (Å²) in [5.41, 5.74) is 12.9. The maximum Gasteiger partial charge on any atom is 0.167 e. The number of rotatable bonds is 2. The van der Waals surface area contributed by atoms with Crippen molar-refractivity contribution in [2.75, 3.05) is 18.9 Å². The smallest absolute Gasteiger partial charge is 0.167 e. The lowest BCUT2D eigenvalue weighted by Gasteiger charge is -2.36. The van der Waals surface area contributed by atoms with Crippen molar-refractivity contribution in [2.24, 2.45) is 11.7 Å². The molecule has 2 aliphatic heterocycles. The number of ether oxygens (including phenoxy) is 3. The third kappa shape index (κ3) is 2.27. The summed E-state index contributed by atoms with van der Waals surface area (Å²) in [4.78, 5) is 12.5. The number of anilines is 1. The van der Waals surface area contributed by atoms with E-state index in [-0.39, 0.29) is 18.1 Å². The Labute approximate surface area is 132 Å². The minimum atomic E-state index is -0.681. The van der Waals surface area contributed by atoms with Gasteiger partial charge in [-0.15, -0.1) is 0 Å². The van der Waals surface area contributed by atoms with Gasteiger partial charge < -0.3 is 25.7 Å². The van der Waals surface area contributed by atoms with E-state index in [0.717, 1.165) is 0 Å². The van der Waals surface area contributed by atoms with E-state index in [4.69, 9.17) is 25.7 Å². The molecule has 0 aromatic carbocycles. The van der Waals surface area contributed by atoms with Crippen LogP contribution in [0.15, 0.2) is 12.7 Å². The van der Waals surface area contributed by atoms with Crippen molar-refractivity contribution in [1.82, 2.24) is 19.5 Å². The van der Waals surface area contributed by atoms with E-state index in [1.165, 1.54) is 6.33 Å². The molecule has 124 valence electrons. The molecule has 0 radical (unpaired) electrons. The SMILES string of the molecule is CC1(C)OC2C(O1)[C@H](CN)COC2n1cnc2c(N)ncnc21. The van der Waals surface area contributed by atoms with Gasteiger partial charge in [0, 0.05) is 5.92 Å². The third-order valence-corrected chi connectivity index (χ3v) is 4.35. The second-order valence-electron chi connectivity index (χ2n) is 6.37. The fraction of sp³-hybridized carbons (Fsp3) is 0.643. The average molecular weight is 320 g/mol. The molecule has 2 saturated heterocycles. The highest BCUT2D eigenvalue weighted by Gasteiger charge is 2.52. The van der Waals surface area contributed by atoms with Crippen LogP contribution in [0.1, 0.15) is 20.1 Å². The van der Waals surface area contributed by atoms with Gasteiger partial charge in [-0.05, 0) is 20.4 Å². The zero-order valence-electron chi connectivity index (χ0n) is 13.0. The van der Waals surface area contributed by atoms with Crippen LogP contribution in [0.3, 0.4) is 0 Å². The highest BCUT2D eigenvalue weighted by molar-refractivity contribution is 5.81. The van der Waals surface area contributed by atoms with Crippen molar-refractivity contribution in [3.8, 4) is 0 Å². The number of nitrogens with zero attached hydrogens (tertiary/aromatic N) is 4. The topological polar surface area (TPSA) is 123 Å². The van der Waals surface area contributed by atoms with Crippen molar-refractivity contribution >= 4 is 17.0 Å². The molecule has 0 amide bonds. The number of fused-ring (bicyclic) bond motifs is 2. The third-order valence-electron chi connectivity index (χ3n) is 4.35. The quantitative estimate of drug-likeness (QED) is 0.794. The summed E-state index contributed by atoms with van der Waals surface area (Å²) in [5.74, 6) is -0.253. The van der Waals surface area contributed by atoms with Gasteiger partial charge in [-0.3, -0.25) is 4.57 Å². The Balaban J connectivity index is 1.75. The lowest BCUT2D eigenvalue weighted by Crippen LogP contribution is -2.48. The molecule has 0 aliphatic carbocycles. The predicted octanol–water partition coefficient (Wildman–Crippen LogP) is 0.0323. The van der Waals surface area contributed by atoms with E-state index < -0.39 is 12.0 Å². The Kier molecular flexibility index (Phi) is 3.27. The van der Waals surface area contributed by atoms with Crippen LogP contribution in [0.4, 0.5) is 5.82 Å². The Morgan fingerprint density at radius 1 is 1.26 bits per heavy atom. The van der Waals surface area contributed by atoms with Gasteiger partial charge in [-0.2, -0.15) is 0 Å². The summed E-state index contributed by atoms with van der Waals surface area (Å²) in [7, 11) is 0. The van der Waals surface area contributed by atoms with E-state index in [1.807, 2.05) is 18.4 Å². The van der Waals surface area contributed by atoms with E-state index >= 15 is 0 Å². The standard InChI is InChI=1S/C14H20N6O3/c1-14(2)22-9-7(3-15)4-21-13(10(9)23-14)20-6-19-8-11(16)17-5-18-12(8)20/h5-7,9-10,13H,3-4,15H2,1-2H3,(H2,16,17,18)/t7-,9?,10?,13?/m1/s1. The van der Waals surface area contributed by atoms with Crippen LogP contribution in [0, 0.1) is 5.92 Å². The molecular weight excluding hydrogens is 300 g/mol. The monoisotopic (exact) mass is 320 g/mol. The van der Waals surface area contributed by atoms with Crippen molar-refractivity contribution in [3.05, 3.63) is 12.7 Å². The maximum absolute atomic E-state index is 6.07. The van der Waals surface area contributed by atoms with E-state index in [1.54, 1.807) is 6.33 Å². The molecule has 2 fully saturated rings. The highest BCUT2D eigenvalue weighted by Crippen LogP contribution is 2.41. The molecule has 0 bridgehead atoms. The minimum absolute atomic E-state index is 0.0903. The molecule has 2 aromatic heterocycles. The van der Waals surface area contributed by atoms with Crippen molar-refractivity contribution < 1.29 is 14.2 Å². The normalized spacial score (nSPS) is 33.0. The molecule has 23 heavy (non-hydrogen) atoms. The van der Waals surface area contributed by atoms with Gasteiger partial charge >= 0.3 is 0 Å². The zero-order chi connectivity index (χ0) is 16.2. The van der Waals surface area contributed by atoms with Crippen LogP contribution in [-0.2, 0) is 14.2 Å². The minimum Gasteiger partial charge on any atom is -0.382 e. The van der Waals surface area contributed by atoms with Crippen molar-refractivity contribution in [3.63, 3.8) is 0 Å². The summed E-state index contributed by atoms with van der Waals surface area (Å²) >= 11 is 0. The molecule has 0 spiro atoms. The van der Waals surface area contributed by atoms with Gasteiger partial charge in [0.05, 0.1) is 19.0 Å². The molecule has 2 aliphatic rings. The molecule has 4 N–H and O–H groups in total. The number of hydrogen-bond donors (Lipinski definition) is 2. The van der Waals surface area contributed by atoms with Gasteiger partial charge in [0.25, 0.3) is 0 Å². The first-order valence-electron chi connectivity index (χ1n) is 7.60. The van der Waals surface area contributed by atoms with Crippen LogP contribution >= 0.6 is 0 Å². The van der Waals surface area contributed by atoms with Crippen molar-refractivity contribution in [2.45, 2.75) is 38.1 Å². The first-order chi connectivity index (χ1) is 11.0. The summed E-state index contributed by atoms with van der Waals surface area (Å²) in [6, 6.07) is 0. The van der Waals surface area contributed by atoms with Crippen molar-refractivity contribution in [1.29, 1.82) is 0 Å². The van der Waals surface area contributed by atoms with Gasteiger partial charge in [-0.1, -0.05) is 0 Å². The van der Waals surface area contributed by atoms with Gasteiger partial charge in [0.2, 0.25) is 0 Å². The molecule has 4 rings (SSSR count). The number of nitrogen functional groups attached to an aromatic ring is 1. The summed E-state index contributed by atoms with van der Waals surface area (Å²) in [6.45, 7) is 4.75. The number of aromatic nitrogens is 4.